The molecule has 5 heteroatoms. The van der Waals surface area contributed by atoms with Crippen molar-refractivity contribution in [2.45, 2.75) is 26.4 Å². The van der Waals surface area contributed by atoms with Gasteiger partial charge < -0.3 is 15.4 Å². The Labute approximate surface area is 84.2 Å². The molecule has 0 heterocycles. The van der Waals surface area contributed by atoms with Crippen LogP contribution in [0.2, 0.25) is 0 Å². The zero-order valence-corrected chi connectivity index (χ0v) is 8.85. The number of ether oxygens (including phenoxy) is 1. The zero-order valence-electron chi connectivity index (χ0n) is 8.85. The van der Waals surface area contributed by atoms with Gasteiger partial charge in [0.25, 0.3) is 0 Å². The Morgan fingerprint density at radius 1 is 1.36 bits per heavy atom. The Bertz CT molecular complexity index is 187. The normalized spacial score (nSPS) is 10.8. The van der Waals surface area contributed by atoms with E-state index in [1.165, 1.54) is 6.41 Å². The highest BCUT2D eigenvalue weighted by atomic mass is 16.6. The number of rotatable bonds is 6. The van der Waals surface area contributed by atoms with Crippen molar-refractivity contribution in [3.63, 3.8) is 0 Å². The molecule has 0 aromatic heterocycles. The van der Waals surface area contributed by atoms with Crippen molar-refractivity contribution in [3.8, 4) is 0 Å². The van der Waals surface area contributed by atoms with E-state index in [0.717, 1.165) is 0 Å². The molecule has 0 aliphatic rings. The first kappa shape index (κ1) is 12.9. The quantitative estimate of drug-likeness (QED) is 0.348. The molecule has 0 unspecified atom stereocenters. The van der Waals surface area contributed by atoms with Crippen molar-refractivity contribution in [1.29, 1.82) is 0 Å². The Morgan fingerprint density at radius 2 is 2.00 bits per heavy atom. The first-order valence-electron chi connectivity index (χ1n) is 4.48. The molecule has 1 radical (unpaired) electrons. The van der Waals surface area contributed by atoms with Gasteiger partial charge in [-0.3, -0.25) is 9.59 Å². The second-order valence-corrected chi connectivity index (χ2v) is 3.79. The van der Waals surface area contributed by atoms with E-state index in [1.54, 1.807) is 0 Å². The second kappa shape index (κ2) is 6.37. The summed E-state index contributed by atoms with van der Waals surface area (Å²) in [5.41, 5.74) is -0.451. The molecule has 0 aliphatic heterocycles. The molecule has 0 saturated carbocycles. The molecule has 0 atom stereocenters. The van der Waals surface area contributed by atoms with Crippen molar-refractivity contribution >= 4 is 12.4 Å². The summed E-state index contributed by atoms with van der Waals surface area (Å²) < 4.78 is 5.05. The van der Waals surface area contributed by atoms with Gasteiger partial charge in [-0.05, 0) is 20.8 Å². The Hall–Kier alpha value is -1.10. The largest absolute Gasteiger partial charge is 0.459 e. The Kier molecular flexibility index (Phi) is 5.87. The lowest BCUT2D eigenvalue weighted by Gasteiger charge is -2.19. The summed E-state index contributed by atoms with van der Waals surface area (Å²) in [5, 5.41) is 5.18. The molecule has 0 rings (SSSR count). The second-order valence-electron chi connectivity index (χ2n) is 3.79. The van der Waals surface area contributed by atoms with Crippen molar-refractivity contribution in [2.24, 2.45) is 0 Å². The highest BCUT2D eigenvalue weighted by Crippen LogP contribution is 2.05. The molecule has 0 fully saturated rings. The predicted molar refractivity (Wildman–Crippen MR) is 52.4 cm³/mol. The molecule has 5 nitrogen and oxygen atoms in total. The van der Waals surface area contributed by atoms with Crippen molar-refractivity contribution < 1.29 is 14.3 Å². The van der Waals surface area contributed by atoms with Gasteiger partial charge in [0.1, 0.15) is 5.60 Å². The highest BCUT2D eigenvalue weighted by Gasteiger charge is 2.15. The number of nitrogens with one attached hydrogen (secondary N) is 2. The van der Waals surface area contributed by atoms with E-state index >= 15 is 0 Å². The van der Waals surface area contributed by atoms with Gasteiger partial charge in [-0.1, -0.05) is 0 Å². The van der Waals surface area contributed by atoms with Crippen LogP contribution in [0.1, 0.15) is 20.8 Å². The minimum Gasteiger partial charge on any atom is -0.459 e. The Morgan fingerprint density at radius 3 is 2.50 bits per heavy atom. The molecule has 2 N–H and O–H groups in total. The summed E-state index contributed by atoms with van der Waals surface area (Å²) in [6.07, 6.45) is 1.54. The molecule has 0 aliphatic carbocycles. The minimum absolute atomic E-state index is 0.151. The maximum absolute atomic E-state index is 11.1. The van der Waals surface area contributed by atoms with E-state index in [0.29, 0.717) is 13.1 Å². The molecule has 0 aromatic rings. The van der Waals surface area contributed by atoms with Gasteiger partial charge in [-0.15, -0.1) is 0 Å². The van der Waals surface area contributed by atoms with Gasteiger partial charge in [0, 0.05) is 13.1 Å². The summed E-state index contributed by atoms with van der Waals surface area (Å²) in [6, 6.07) is 0. The fourth-order valence-corrected chi connectivity index (χ4v) is 0.770. The molecular weight excluding hydrogens is 184 g/mol. The summed E-state index contributed by atoms with van der Waals surface area (Å²) in [5.74, 6) is -0.299. The predicted octanol–water partition coefficient (Wildman–Crippen LogP) is -0.425. The lowest BCUT2D eigenvalue weighted by Crippen LogP contribution is -2.34. The van der Waals surface area contributed by atoms with Gasteiger partial charge in [0.2, 0.25) is 0 Å². The SMILES string of the molecule is CC(C)(C)OC(=O)CNCCN[C]=O. The summed E-state index contributed by atoms with van der Waals surface area (Å²) in [6.45, 7) is 6.56. The minimum atomic E-state index is -0.451. The summed E-state index contributed by atoms with van der Waals surface area (Å²) in [4.78, 5) is 20.8. The lowest BCUT2D eigenvalue weighted by molar-refractivity contribution is -0.153. The van der Waals surface area contributed by atoms with Crippen LogP contribution in [0, 0.1) is 0 Å². The van der Waals surface area contributed by atoms with E-state index < -0.39 is 5.60 Å². The standard InChI is InChI=1S/C9H17N2O3/c1-9(2,3)14-8(13)6-10-4-5-11-7-12/h10H,4-6H2,1-3H3,(H,11,12). The number of amides is 1. The molecule has 0 aromatic carbocycles. The smallest absolute Gasteiger partial charge is 0.320 e. The van der Waals surface area contributed by atoms with Crippen molar-refractivity contribution in [1.82, 2.24) is 10.6 Å². The van der Waals surface area contributed by atoms with E-state index in [2.05, 4.69) is 10.6 Å². The fraction of sp³-hybridized carbons (Fsp3) is 0.778. The summed E-state index contributed by atoms with van der Waals surface area (Å²) in [7, 11) is 0. The van der Waals surface area contributed by atoms with Crippen LogP contribution in [0.4, 0.5) is 0 Å². The van der Waals surface area contributed by atoms with Gasteiger partial charge in [-0.25, -0.2) is 0 Å². The van der Waals surface area contributed by atoms with Crippen LogP contribution >= 0.6 is 0 Å². The van der Waals surface area contributed by atoms with E-state index in [-0.39, 0.29) is 12.5 Å². The van der Waals surface area contributed by atoms with Gasteiger partial charge >= 0.3 is 12.4 Å². The molecule has 14 heavy (non-hydrogen) atoms. The molecule has 0 saturated heterocycles. The molecular formula is C9H17N2O3. The number of esters is 1. The topological polar surface area (TPSA) is 67.4 Å². The van der Waals surface area contributed by atoms with Crippen LogP contribution in [-0.4, -0.2) is 37.6 Å². The zero-order chi connectivity index (χ0) is 11.0. The average Bonchev–Trinajstić information content (AvgIpc) is 2.00. The first-order valence-corrected chi connectivity index (χ1v) is 4.48. The number of hydrogen-bond acceptors (Lipinski definition) is 4. The third-order valence-corrected chi connectivity index (χ3v) is 1.19. The molecule has 0 bridgehead atoms. The first-order chi connectivity index (χ1) is 6.45. The monoisotopic (exact) mass is 201 g/mol. The van der Waals surface area contributed by atoms with Crippen LogP contribution in [-0.2, 0) is 14.3 Å². The van der Waals surface area contributed by atoms with Gasteiger partial charge in [-0.2, -0.15) is 0 Å². The van der Waals surface area contributed by atoms with Gasteiger partial charge in [0.15, 0.2) is 0 Å². The maximum Gasteiger partial charge on any atom is 0.320 e. The van der Waals surface area contributed by atoms with Crippen LogP contribution in [0.15, 0.2) is 0 Å². The number of carbonyl (C=O) groups excluding carboxylic acids is 2. The maximum atomic E-state index is 11.1. The average molecular weight is 201 g/mol. The lowest BCUT2D eigenvalue weighted by atomic mass is 10.2. The molecule has 0 spiro atoms. The van der Waals surface area contributed by atoms with Crippen LogP contribution in [0.3, 0.4) is 0 Å². The Balaban J connectivity index is 3.41. The number of carbonyl (C=O) groups is 1. The van der Waals surface area contributed by atoms with Crippen molar-refractivity contribution in [2.75, 3.05) is 19.6 Å². The van der Waals surface area contributed by atoms with Crippen LogP contribution in [0.5, 0.6) is 0 Å². The molecule has 1 amide bonds. The van der Waals surface area contributed by atoms with Crippen LogP contribution < -0.4 is 10.6 Å². The fourth-order valence-electron chi connectivity index (χ4n) is 0.770. The third-order valence-electron chi connectivity index (χ3n) is 1.19. The van der Waals surface area contributed by atoms with Crippen LogP contribution in [0.25, 0.3) is 0 Å². The van der Waals surface area contributed by atoms with E-state index in [4.69, 9.17) is 4.74 Å². The summed E-state index contributed by atoms with van der Waals surface area (Å²) >= 11 is 0. The number of hydrogen-bond donors (Lipinski definition) is 2. The highest BCUT2D eigenvalue weighted by molar-refractivity contribution is 5.72. The van der Waals surface area contributed by atoms with E-state index in [1.807, 2.05) is 20.8 Å². The third kappa shape index (κ3) is 8.99. The van der Waals surface area contributed by atoms with Crippen molar-refractivity contribution in [3.05, 3.63) is 0 Å². The van der Waals surface area contributed by atoms with Gasteiger partial charge in [0.05, 0.1) is 6.54 Å². The van der Waals surface area contributed by atoms with E-state index in [9.17, 15) is 9.59 Å². The molecule has 81 valence electrons.